The third-order valence-electron chi connectivity index (χ3n) is 16.5. The van der Waals surface area contributed by atoms with E-state index >= 15 is 0 Å². The van der Waals surface area contributed by atoms with Gasteiger partial charge in [-0.3, -0.25) is 78.1 Å². The zero-order valence-corrected chi connectivity index (χ0v) is 51.3. The lowest BCUT2D eigenvalue weighted by molar-refractivity contribution is -0.983. The number of carboxylic acids is 2. The fraction of sp³-hybridized carbons (Fsp3) is 0.745. The summed E-state index contributed by atoms with van der Waals surface area (Å²) in [4.78, 5) is 187. The van der Waals surface area contributed by atoms with Gasteiger partial charge in [0, 0.05) is 44.8 Å². The Bertz CT molecular complexity index is 2560. The number of hydrogen-bond acceptors (Lipinski definition) is 22. The number of amides is 11. The van der Waals surface area contributed by atoms with Crippen molar-refractivity contribution < 1.29 is 108 Å². The Hall–Kier alpha value is -7.74. The molecule has 0 aromatic heterocycles. The number of piperidine rings is 1. The van der Waals surface area contributed by atoms with Crippen molar-refractivity contribution in [1.29, 1.82) is 0 Å². The lowest BCUT2D eigenvalue weighted by Crippen LogP contribution is -3.29. The molecule has 36 nitrogen and oxygen atoms in total. The molecule has 4 aliphatic rings. The molecule has 21 N–H and O–H groups in total. The van der Waals surface area contributed by atoms with Crippen LogP contribution in [0.25, 0.3) is 0 Å². The quantitative estimate of drug-likeness (QED) is 0.00978. The summed E-state index contributed by atoms with van der Waals surface area (Å²) < 4.78 is 5.76. The second-order valence-electron chi connectivity index (χ2n) is 23.4. The molecule has 0 radical (unpaired) electrons. The number of carbonyl (C=O) groups is 14. The minimum absolute atomic E-state index is 0.0110. The highest BCUT2D eigenvalue weighted by Gasteiger charge is 2.56. The molecule has 4 rings (SSSR count). The summed E-state index contributed by atoms with van der Waals surface area (Å²) in [5.74, 6) is -13.0. The first-order valence-electron chi connectivity index (χ1n) is 30.7. The van der Waals surface area contributed by atoms with Gasteiger partial charge in [-0.1, -0.05) is 0 Å². The second kappa shape index (κ2) is 37.6. The van der Waals surface area contributed by atoms with Crippen molar-refractivity contribution in [2.45, 2.75) is 221 Å². The van der Waals surface area contributed by atoms with Crippen LogP contribution in [0, 0.1) is 5.92 Å². The molecular formula is C55H92N15O21+. The first-order valence-corrected chi connectivity index (χ1v) is 30.7. The third-order valence-corrected chi connectivity index (χ3v) is 16.5. The number of unbranched alkanes of at least 4 members (excludes halogenated alkanes) is 2. The zero-order valence-electron chi connectivity index (χ0n) is 51.3. The summed E-state index contributed by atoms with van der Waals surface area (Å²) in [7, 11) is 0. The second-order valence-corrected chi connectivity index (χ2v) is 23.4. The number of fused-ring (bicyclic) bond motifs is 3. The van der Waals surface area contributed by atoms with Crippen molar-refractivity contribution >= 4 is 83.9 Å². The number of carboxylic acid groups (broad SMARTS) is 2. The maximum absolute atomic E-state index is 14.6. The lowest BCUT2D eigenvalue weighted by Gasteiger charge is -2.54. The molecule has 4 fully saturated rings. The number of quaternary nitrogens is 1. The van der Waals surface area contributed by atoms with Crippen molar-refractivity contribution in [3.63, 3.8) is 0 Å². The lowest BCUT2D eigenvalue weighted by atomic mass is 9.72. The van der Waals surface area contributed by atoms with Crippen LogP contribution in [0.5, 0.6) is 0 Å². The average Bonchev–Trinajstić information content (AvgIpc) is 0.756. The highest BCUT2D eigenvalue weighted by molar-refractivity contribution is 5.99. The number of cyclic esters (lactones) is 1. The van der Waals surface area contributed by atoms with Crippen LogP contribution < -0.4 is 69.5 Å². The summed E-state index contributed by atoms with van der Waals surface area (Å²) in [6.45, 7) is 3.50. The van der Waals surface area contributed by atoms with Gasteiger partial charge in [0.25, 0.3) is 5.91 Å². The van der Waals surface area contributed by atoms with E-state index in [9.17, 15) is 98.0 Å². The molecule has 1 saturated carbocycles. The molecule has 3 aliphatic heterocycles. The topological polar surface area (TPSA) is 553 Å². The van der Waals surface area contributed by atoms with Crippen LogP contribution in [0.15, 0.2) is 0 Å². The molecule has 36 heteroatoms. The molecule has 91 heavy (non-hydrogen) atoms. The van der Waals surface area contributed by atoms with Crippen molar-refractivity contribution in [2.75, 3.05) is 32.7 Å². The van der Waals surface area contributed by atoms with E-state index < -0.39 is 188 Å². The normalized spacial score (nSPS) is 28.1. The van der Waals surface area contributed by atoms with Gasteiger partial charge in [0.15, 0.2) is 12.2 Å². The molecule has 0 aromatic carbocycles. The van der Waals surface area contributed by atoms with Crippen molar-refractivity contribution in [1.82, 2.24) is 63.3 Å². The Kier molecular flexibility index (Phi) is 31.3. The third kappa shape index (κ3) is 23.8. The number of nitrogens with two attached hydrogens (primary N) is 2. The molecule has 1 aliphatic carbocycles. The van der Waals surface area contributed by atoms with Gasteiger partial charge in [-0.2, -0.15) is 0 Å². The first kappa shape index (κ1) is 75.7. The highest BCUT2D eigenvalue weighted by atomic mass is 16.5. The van der Waals surface area contributed by atoms with Gasteiger partial charge in [0.2, 0.25) is 60.1 Å². The van der Waals surface area contributed by atoms with Gasteiger partial charge < -0.3 is 89.4 Å². The number of aliphatic carboxylic acids is 2. The molecule has 11 amide bonds. The summed E-state index contributed by atoms with van der Waals surface area (Å²) in [6, 6.07) is -15.2. The van der Waals surface area contributed by atoms with E-state index in [2.05, 4.69) is 53.2 Å². The number of aliphatic hydroxyl groups is 2. The minimum atomic E-state index is -1.91. The number of carbonyl (C=O) groups excluding carboxylic acids is 12. The van der Waals surface area contributed by atoms with Gasteiger partial charge in [-0.05, 0) is 111 Å². The zero-order chi connectivity index (χ0) is 67.6. The summed E-state index contributed by atoms with van der Waals surface area (Å²) >= 11 is 0. The van der Waals surface area contributed by atoms with E-state index in [4.69, 9.17) is 16.2 Å². The number of aliphatic hydroxyl groups excluding tert-OH is 2. The number of rotatable bonds is 32. The molecule has 0 spiro atoms. The predicted octanol–water partition coefficient (Wildman–Crippen LogP) is -8.34. The van der Waals surface area contributed by atoms with Gasteiger partial charge in [0.1, 0.15) is 54.4 Å². The fourth-order valence-corrected chi connectivity index (χ4v) is 11.6. The van der Waals surface area contributed by atoms with Crippen LogP contribution in [0.3, 0.4) is 0 Å². The van der Waals surface area contributed by atoms with Crippen molar-refractivity contribution in [3.8, 4) is 0 Å². The maximum atomic E-state index is 14.6. The Morgan fingerprint density at radius 3 is 1.84 bits per heavy atom. The van der Waals surface area contributed by atoms with Gasteiger partial charge in [0.05, 0.1) is 37.1 Å². The van der Waals surface area contributed by atoms with Gasteiger partial charge >= 0.3 is 17.9 Å². The number of hydroxylamine groups is 4. The minimum Gasteiger partial charge on any atom is -0.481 e. The fourth-order valence-electron chi connectivity index (χ4n) is 11.6. The van der Waals surface area contributed by atoms with E-state index in [1.165, 1.54) is 20.8 Å². The predicted molar refractivity (Wildman–Crippen MR) is 311 cm³/mol. The Morgan fingerprint density at radius 1 is 0.648 bits per heavy atom. The molecule has 0 bridgehead atoms. The van der Waals surface area contributed by atoms with Crippen LogP contribution in [-0.4, -0.2) is 249 Å². The molecular weight excluding hydrogens is 1210 g/mol. The number of hydrogen-bond donors (Lipinski definition) is 19. The summed E-state index contributed by atoms with van der Waals surface area (Å²) in [5.41, 5.74) is 11.5. The standard InChI is InChI=1S/C55H91N15O21/c1-28-47(80)59-29(2)48(81)62-33(12-8-20-68(89)26-71)50(83)65-35(11-5-7-18-57)55(88)91-30(3)45(54(87)60-28)67-51(84)32(10-4-6-17-56)63-49(82)34(13-9-21-69(90)27-72)64-52(85)37(24-44(78)79)66-53(86)38-16-19-58-46-36(61-42(75)14-15-43(76)77)22-31-23-40(73)41(74)25-39(31)70(38)46/h26-41,45-46,58,73-74,89-90H,4-25,56-57H2,1-3H3,(H,59,80)(H,60,87)(H,61,75)(H,62,81)(H,63,82)(H,64,85)(H,65,83)(H,66,86)(H,67,84)(H,76,77)(H,78,79)/p+1/t28-,29+,30+,31?,32+,33-,34-,35+,36?,37+,38+,39?,40?,41?,45+,46?/m0/s1. The van der Waals surface area contributed by atoms with Crippen LogP contribution >= 0.6 is 0 Å². The van der Waals surface area contributed by atoms with E-state index in [-0.39, 0.29) is 133 Å². The Morgan fingerprint density at radius 2 is 1.21 bits per heavy atom. The summed E-state index contributed by atoms with van der Waals surface area (Å²) in [6.07, 6.45) is -6.07. The molecule has 3 saturated heterocycles. The number of nitrogens with zero attached hydrogens (tertiary/aromatic N) is 2. The van der Waals surface area contributed by atoms with E-state index in [1.807, 2.05) is 0 Å². The number of ether oxygens (including phenoxy) is 1. The van der Waals surface area contributed by atoms with Crippen LogP contribution in [-0.2, 0) is 71.9 Å². The largest absolute Gasteiger partial charge is 0.481 e. The van der Waals surface area contributed by atoms with E-state index in [1.54, 1.807) is 0 Å². The molecule has 3 heterocycles. The SMILES string of the molecule is C[C@@H]1NC(=O)[C@H](NC(=O)[C@@H](CCCCN)NC(=O)[C@H](CCCN(O)C=O)NC(=O)[C@@H](CC(=O)O)NC(=O)[C@H]2CCNC3C(NC(=O)CCC(=O)O)CC4CC(O)C(O)CC4[NH+]32)[C@@H](C)OC(=O)[C@@H](CCCCN)NC(=O)[C@H](CCCN(O)C=O)NC(=O)[C@@H](C)NC1=O. The number of nitrogens with one attached hydrogen (secondary N) is 11. The summed E-state index contributed by atoms with van der Waals surface area (Å²) in [5, 5.41) is 87.0. The van der Waals surface area contributed by atoms with E-state index in [0.29, 0.717) is 16.4 Å². The highest BCUT2D eigenvalue weighted by Crippen LogP contribution is 2.32. The molecule has 7 unspecified atom stereocenters. The van der Waals surface area contributed by atoms with Crippen LogP contribution in [0.2, 0.25) is 0 Å². The van der Waals surface area contributed by atoms with Crippen LogP contribution in [0.1, 0.15) is 130 Å². The molecule has 512 valence electrons. The van der Waals surface area contributed by atoms with Crippen molar-refractivity contribution in [2.24, 2.45) is 17.4 Å². The maximum Gasteiger partial charge on any atom is 0.328 e. The Labute approximate surface area is 524 Å². The molecule has 17 atom stereocenters. The average molecular weight is 1300 g/mol. The number of esters is 1. The van der Waals surface area contributed by atoms with Gasteiger partial charge in [-0.15, -0.1) is 0 Å². The smallest absolute Gasteiger partial charge is 0.328 e. The van der Waals surface area contributed by atoms with Crippen LogP contribution in [0.4, 0.5) is 0 Å². The van der Waals surface area contributed by atoms with Crippen molar-refractivity contribution in [3.05, 3.63) is 0 Å². The van der Waals surface area contributed by atoms with E-state index in [0.717, 1.165) is 0 Å². The Balaban J connectivity index is 1.67. The van der Waals surface area contributed by atoms with Gasteiger partial charge in [-0.25, -0.2) is 14.9 Å². The molecule has 0 aromatic rings. The first-order chi connectivity index (χ1) is 43.1. The monoisotopic (exact) mass is 1300 g/mol.